The Morgan fingerprint density at radius 2 is 2.06 bits per heavy atom. The van der Waals surface area contributed by atoms with Crippen LogP contribution in [-0.4, -0.2) is 47.7 Å². The molecule has 0 aliphatic carbocycles. The summed E-state index contributed by atoms with van der Waals surface area (Å²) in [5.74, 6) is -1.12. The Kier molecular flexibility index (Phi) is 5.83. The van der Waals surface area contributed by atoms with Crippen LogP contribution in [0.25, 0.3) is 0 Å². The third kappa shape index (κ3) is 4.69. The third-order valence-corrected chi connectivity index (χ3v) is 5.30. The number of hydrogen-bond donors (Lipinski definition) is 2. The number of carbonyl (C=O) groups is 1. The predicted molar refractivity (Wildman–Crippen MR) is 116 cm³/mol. The van der Waals surface area contributed by atoms with E-state index in [9.17, 15) is 18.0 Å². The first kappa shape index (κ1) is 22.0. The van der Waals surface area contributed by atoms with Gasteiger partial charge in [-0.2, -0.15) is 18.4 Å². The van der Waals surface area contributed by atoms with Crippen molar-refractivity contribution >= 4 is 29.4 Å². The van der Waals surface area contributed by atoms with Crippen LogP contribution in [0.5, 0.6) is 0 Å². The second kappa shape index (κ2) is 8.74. The van der Waals surface area contributed by atoms with Crippen LogP contribution >= 0.6 is 0 Å². The van der Waals surface area contributed by atoms with Gasteiger partial charge in [-0.3, -0.25) is 4.99 Å². The van der Waals surface area contributed by atoms with Crippen molar-refractivity contribution in [2.75, 3.05) is 29.9 Å². The highest BCUT2D eigenvalue weighted by Crippen LogP contribution is 2.35. The maximum absolute atomic E-state index is 13.4. The summed E-state index contributed by atoms with van der Waals surface area (Å²) in [5.41, 5.74) is 1.81. The van der Waals surface area contributed by atoms with Gasteiger partial charge >= 0.3 is 12.1 Å². The topological polar surface area (TPSA) is 114 Å². The molecule has 8 nitrogen and oxygen atoms in total. The first-order valence-corrected chi connectivity index (χ1v) is 9.86. The molecule has 11 heteroatoms. The molecule has 0 spiro atoms. The van der Waals surface area contributed by atoms with E-state index in [4.69, 9.17) is 10.4 Å². The van der Waals surface area contributed by atoms with Crippen LogP contribution in [-0.2, 0) is 6.18 Å². The molecule has 1 aromatic heterocycles. The number of carboxylic acids is 1. The summed E-state index contributed by atoms with van der Waals surface area (Å²) in [6, 6.07) is 8.25. The predicted octanol–water partition coefficient (Wildman–Crippen LogP) is 3.73. The summed E-state index contributed by atoms with van der Waals surface area (Å²) in [4.78, 5) is 25.3. The highest BCUT2D eigenvalue weighted by Gasteiger charge is 2.35. The normalized spacial score (nSPS) is 15.9. The molecule has 0 bridgehead atoms. The molecule has 168 valence electrons. The lowest BCUT2D eigenvalue weighted by Crippen LogP contribution is -2.38. The molecule has 33 heavy (non-hydrogen) atoms. The number of nitrogens with one attached hydrogen (secondary N) is 1. The van der Waals surface area contributed by atoms with Crippen molar-refractivity contribution in [1.82, 2.24) is 4.98 Å². The Labute approximate surface area is 186 Å². The van der Waals surface area contributed by atoms with Crippen LogP contribution in [0.3, 0.4) is 0 Å². The Balaban J connectivity index is 1.59. The average Bonchev–Trinajstić information content (AvgIpc) is 3.00. The van der Waals surface area contributed by atoms with E-state index in [0.717, 1.165) is 17.3 Å². The van der Waals surface area contributed by atoms with E-state index in [0.29, 0.717) is 36.6 Å². The minimum absolute atomic E-state index is 0.0757. The number of anilines is 2. The molecule has 0 unspecified atom stereocenters. The van der Waals surface area contributed by atoms with Crippen LogP contribution in [0, 0.1) is 11.3 Å². The fourth-order valence-electron chi connectivity index (χ4n) is 3.69. The summed E-state index contributed by atoms with van der Waals surface area (Å²) in [5, 5.41) is 21.2. The molecule has 4 rings (SSSR count). The summed E-state index contributed by atoms with van der Waals surface area (Å²) < 4.78 is 40.1. The maximum atomic E-state index is 13.4. The fourth-order valence-corrected chi connectivity index (χ4v) is 3.69. The number of pyridine rings is 1. The van der Waals surface area contributed by atoms with Gasteiger partial charge < -0.3 is 15.3 Å². The first-order chi connectivity index (χ1) is 15.8. The zero-order chi connectivity index (χ0) is 23.6. The lowest BCUT2D eigenvalue weighted by molar-refractivity contribution is -0.137. The smallest absolute Gasteiger partial charge is 0.417 e. The number of piperidine rings is 1. The second-order valence-corrected chi connectivity index (χ2v) is 7.36. The van der Waals surface area contributed by atoms with E-state index >= 15 is 0 Å². The third-order valence-electron chi connectivity index (χ3n) is 5.30. The molecule has 2 N–H and O–H groups in total. The molecule has 1 fully saturated rings. The molecular weight excluding hydrogens is 437 g/mol. The molecule has 2 aromatic rings. The van der Waals surface area contributed by atoms with Crippen molar-refractivity contribution in [3.05, 3.63) is 64.6 Å². The highest BCUT2D eigenvalue weighted by molar-refractivity contribution is 6.08. The van der Waals surface area contributed by atoms with Crippen molar-refractivity contribution in [3.63, 3.8) is 0 Å². The number of nitriles is 1. The highest BCUT2D eigenvalue weighted by atomic mass is 19.4. The van der Waals surface area contributed by atoms with Gasteiger partial charge in [0, 0.05) is 17.9 Å². The summed E-state index contributed by atoms with van der Waals surface area (Å²) in [6.07, 6.45) is -1.30. The summed E-state index contributed by atoms with van der Waals surface area (Å²) in [7, 11) is 0. The monoisotopic (exact) mass is 454 g/mol. The molecule has 0 saturated carbocycles. The van der Waals surface area contributed by atoms with Gasteiger partial charge in [-0.1, -0.05) is 0 Å². The van der Waals surface area contributed by atoms with E-state index in [1.807, 2.05) is 0 Å². The van der Waals surface area contributed by atoms with Gasteiger partial charge in [-0.25, -0.2) is 14.8 Å². The van der Waals surface area contributed by atoms with Gasteiger partial charge in [0.2, 0.25) is 0 Å². The number of benzene rings is 1. The van der Waals surface area contributed by atoms with Gasteiger partial charge in [-0.05, 0) is 42.3 Å². The van der Waals surface area contributed by atoms with Crippen molar-refractivity contribution in [1.29, 1.82) is 5.26 Å². The van der Waals surface area contributed by atoms with Gasteiger partial charge in [0.15, 0.2) is 0 Å². The lowest BCUT2D eigenvalue weighted by atomic mass is 9.97. The van der Waals surface area contributed by atoms with Crippen LogP contribution in [0.1, 0.15) is 28.0 Å². The number of aliphatic imine (C=N–C) groups is 2. The molecule has 3 heterocycles. The van der Waals surface area contributed by atoms with Crippen LogP contribution in [0.2, 0.25) is 0 Å². The zero-order valence-corrected chi connectivity index (χ0v) is 17.1. The Morgan fingerprint density at radius 3 is 2.73 bits per heavy atom. The molecule has 2 aliphatic heterocycles. The number of aromatic carboxylic acids is 1. The Hall–Kier alpha value is -4.20. The standard InChI is InChI=1S/C22H17F3N6O2/c23-22(24,25)17-7-15(3-1-13(17)8-26)31-6-5-16-19(10-27-12-29-20(16)11-31)30-14-2-4-18(21(32)33)28-9-14/h1-4,7,9,12,30H,5-6,10-11H2,(H,32,33). The number of aromatic nitrogens is 1. The van der Waals surface area contributed by atoms with Crippen molar-refractivity contribution in [2.45, 2.75) is 12.6 Å². The quantitative estimate of drug-likeness (QED) is 0.728. The summed E-state index contributed by atoms with van der Waals surface area (Å²) in [6.45, 7) is 1.03. The SMILES string of the molecule is N#Cc1ccc(N2CCC3=C(Nc4ccc(C(=O)O)nc4)CN=CN=C3C2)cc1C(F)(F)F. The van der Waals surface area contributed by atoms with E-state index in [-0.39, 0.29) is 12.2 Å². The van der Waals surface area contributed by atoms with Crippen molar-refractivity contribution < 1.29 is 23.1 Å². The Bertz CT molecular complexity index is 1230. The lowest BCUT2D eigenvalue weighted by Gasteiger charge is -2.32. The van der Waals surface area contributed by atoms with Crippen LogP contribution < -0.4 is 10.2 Å². The van der Waals surface area contributed by atoms with Crippen molar-refractivity contribution in [3.8, 4) is 6.07 Å². The number of nitrogens with zero attached hydrogens (tertiary/aromatic N) is 5. The maximum Gasteiger partial charge on any atom is 0.417 e. The molecule has 2 aliphatic rings. The first-order valence-electron chi connectivity index (χ1n) is 9.86. The molecule has 0 atom stereocenters. The van der Waals surface area contributed by atoms with E-state index in [1.54, 1.807) is 17.0 Å². The molecule has 1 aromatic carbocycles. The van der Waals surface area contributed by atoms with E-state index < -0.39 is 23.3 Å². The van der Waals surface area contributed by atoms with Crippen LogP contribution in [0.4, 0.5) is 24.5 Å². The van der Waals surface area contributed by atoms with E-state index in [1.165, 1.54) is 30.7 Å². The number of fused-ring (bicyclic) bond motifs is 1. The number of alkyl halides is 3. The number of carboxylic acid groups (broad SMARTS) is 1. The van der Waals surface area contributed by atoms with Crippen LogP contribution in [0.15, 0.2) is 57.8 Å². The fraction of sp³-hybridized carbons (Fsp3) is 0.227. The van der Waals surface area contributed by atoms with Gasteiger partial charge in [-0.15, -0.1) is 0 Å². The molecule has 0 amide bonds. The van der Waals surface area contributed by atoms with Gasteiger partial charge in [0.05, 0.1) is 47.9 Å². The molecule has 1 saturated heterocycles. The minimum Gasteiger partial charge on any atom is -0.477 e. The molecule has 0 radical (unpaired) electrons. The second-order valence-electron chi connectivity index (χ2n) is 7.36. The van der Waals surface area contributed by atoms with Crippen molar-refractivity contribution in [2.24, 2.45) is 9.98 Å². The minimum atomic E-state index is -4.63. The molecular formula is C22H17F3N6O2. The largest absolute Gasteiger partial charge is 0.477 e. The average molecular weight is 454 g/mol. The zero-order valence-electron chi connectivity index (χ0n) is 17.1. The Morgan fingerprint density at radius 1 is 1.24 bits per heavy atom. The summed E-state index contributed by atoms with van der Waals surface area (Å²) >= 11 is 0. The van der Waals surface area contributed by atoms with E-state index in [2.05, 4.69) is 20.3 Å². The van der Waals surface area contributed by atoms with Gasteiger partial charge in [0.25, 0.3) is 0 Å². The number of hydrogen-bond acceptors (Lipinski definition) is 7. The van der Waals surface area contributed by atoms with Gasteiger partial charge in [0.1, 0.15) is 12.0 Å². The number of rotatable bonds is 4. The number of halogens is 3.